The van der Waals surface area contributed by atoms with E-state index >= 15 is 0 Å². The molecule has 0 spiro atoms. The molecule has 0 fully saturated rings. The van der Waals surface area contributed by atoms with Gasteiger partial charge in [-0.1, -0.05) is 11.6 Å². The Kier molecular flexibility index (Phi) is 1.84. The monoisotopic (exact) mass is 246 g/mol. The normalized spacial score (nSPS) is 27.1. The summed E-state index contributed by atoms with van der Waals surface area (Å²) in [6.45, 7) is 1.78. The van der Waals surface area contributed by atoms with E-state index in [-0.39, 0.29) is 6.17 Å². The van der Waals surface area contributed by atoms with Gasteiger partial charge in [0.25, 0.3) is 0 Å². The SMILES string of the molecule is CC1=N[C@@H]2N=NC(Br)=C2C(Cl)=N1. The van der Waals surface area contributed by atoms with Crippen LogP contribution >= 0.6 is 27.5 Å². The molecule has 2 aliphatic heterocycles. The molecule has 0 saturated carbocycles. The molecule has 0 saturated heterocycles. The Morgan fingerprint density at radius 3 is 3.00 bits per heavy atom. The van der Waals surface area contributed by atoms with Crippen molar-refractivity contribution in [3.63, 3.8) is 0 Å². The van der Waals surface area contributed by atoms with Crippen molar-refractivity contribution in [3.05, 3.63) is 10.2 Å². The molecule has 6 heteroatoms. The maximum atomic E-state index is 5.87. The first-order valence-corrected chi connectivity index (χ1v) is 4.45. The summed E-state index contributed by atoms with van der Waals surface area (Å²) < 4.78 is 0.623. The van der Waals surface area contributed by atoms with Gasteiger partial charge in [-0.15, -0.1) is 5.11 Å². The van der Waals surface area contributed by atoms with E-state index in [1.165, 1.54) is 0 Å². The van der Waals surface area contributed by atoms with Crippen LogP contribution in [0.3, 0.4) is 0 Å². The fourth-order valence-electron chi connectivity index (χ4n) is 1.01. The van der Waals surface area contributed by atoms with Crippen LogP contribution in [0, 0.1) is 0 Å². The lowest BCUT2D eigenvalue weighted by atomic mass is 10.2. The fraction of sp³-hybridized carbons (Fsp3) is 0.333. The number of halogens is 2. The molecule has 62 valence electrons. The largest absolute Gasteiger partial charge is 0.237 e. The molecule has 1 atom stereocenters. The maximum absolute atomic E-state index is 5.87. The number of hydrogen-bond donors (Lipinski definition) is 0. The second-order valence-corrected chi connectivity index (χ2v) is 3.48. The highest BCUT2D eigenvalue weighted by molar-refractivity contribution is 9.11. The van der Waals surface area contributed by atoms with Crippen molar-refractivity contribution in [3.8, 4) is 0 Å². The average Bonchev–Trinajstić information content (AvgIpc) is 2.31. The van der Waals surface area contributed by atoms with E-state index in [0.29, 0.717) is 15.6 Å². The third kappa shape index (κ3) is 1.13. The Balaban J connectivity index is 2.51. The van der Waals surface area contributed by atoms with E-state index in [1.54, 1.807) is 6.92 Å². The van der Waals surface area contributed by atoms with Gasteiger partial charge in [-0.05, 0) is 22.9 Å². The van der Waals surface area contributed by atoms with Gasteiger partial charge in [-0.3, -0.25) is 0 Å². The van der Waals surface area contributed by atoms with Crippen molar-refractivity contribution in [1.29, 1.82) is 0 Å². The van der Waals surface area contributed by atoms with Gasteiger partial charge in [-0.25, -0.2) is 9.98 Å². The van der Waals surface area contributed by atoms with E-state index in [2.05, 4.69) is 36.1 Å². The van der Waals surface area contributed by atoms with E-state index in [9.17, 15) is 0 Å². The average molecular weight is 247 g/mol. The molecule has 12 heavy (non-hydrogen) atoms. The van der Waals surface area contributed by atoms with Gasteiger partial charge in [0.05, 0.1) is 5.57 Å². The molecule has 0 unspecified atom stereocenters. The van der Waals surface area contributed by atoms with E-state index in [1.807, 2.05) is 0 Å². The predicted molar refractivity (Wildman–Crippen MR) is 51.0 cm³/mol. The van der Waals surface area contributed by atoms with Crippen molar-refractivity contribution in [2.45, 2.75) is 13.1 Å². The number of nitrogens with zero attached hydrogens (tertiary/aromatic N) is 4. The quantitative estimate of drug-likeness (QED) is 0.591. The van der Waals surface area contributed by atoms with E-state index < -0.39 is 0 Å². The van der Waals surface area contributed by atoms with Crippen molar-refractivity contribution in [1.82, 2.24) is 0 Å². The summed E-state index contributed by atoms with van der Waals surface area (Å²) in [5.74, 6) is 0.634. The highest BCUT2D eigenvalue weighted by atomic mass is 79.9. The minimum atomic E-state index is -0.288. The molecule has 0 aromatic rings. The standard InChI is InChI=1S/C6H4BrClN4/c1-2-9-5(8)3-4(7)11-12-6(3)10-2/h6H,1H3/t6-/m1/s1. The molecule has 0 amide bonds. The zero-order chi connectivity index (χ0) is 8.72. The van der Waals surface area contributed by atoms with Crippen LogP contribution in [0.1, 0.15) is 6.92 Å². The molecule has 0 aliphatic carbocycles. The van der Waals surface area contributed by atoms with Gasteiger partial charge in [0.1, 0.15) is 15.6 Å². The lowest BCUT2D eigenvalue weighted by molar-refractivity contribution is 0.826. The Morgan fingerprint density at radius 2 is 2.25 bits per heavy atom. The topological polar surface area (TPSA) is 49.4 Å². The molecular weight excluding hydrogens is 243 g/mol. The Morgan fingerprint density at radius 1 is 1.50 bits per heavy atom. The molecule has 0 radical (unpaired) electrons. The van der Waals surface area contributed by atoms with Gasteiger partial charge in [0.15, 0.2) is 6.17 Å². The van der Waals surface area contributed by atoms with Crippen LogP contribution in [-0.2, 0) is 0 Å². The third-order valence-electron chi connectivity index (χ3n) is 1.53. The van der Waals surface area contributed by atoms with Crippen molar-refractivity contribution in [2.24, 2.45) is 20.2 Å². The Hall–Kier alpha value is -0.550. The number of azo groups is 1. The second-order valence-electron chi connectivity index (χ2n) is 2.37. The summed E-state index contributed by atoms with van der Waals surface area (Å²) in [7, 11) is 0. The van der Waals surface area contributed by atoms with Gasteiger partial charge in [-0.2, -0.15) is 5.11 Å². The van der Waals surface area contributed by atoms with Crippen LogP contribution in [0.2, 0.25) is 0 Å². The van der Waals surface area contributed by atoms with Crippen molar-refractivity contribution in [2.75, 3.05) is 0 Å². The summed E-state index contributed by atoms with van der Waals surface area (Å²) in [4.78, 5) is 8.14. The number of rotatable bonds is 0. The van der Waals surface area contributed by atoms with Crippen LogP contribution in [0.25, 0.3) is 0 Å². The van der Waals surface area contributed by atoms with Crippen LogP contribution in [0.5, 0.6) is 0 Å². The zero-order valence-electron chi connectivity index (χ0n) is 6.12. The minimum Gasteiger partial charge on any atom is -0.237 e. The predicted octanol–water partition coefficient (Wildman–Crippen LogP) is 2.45. The first-order chi connectivity index (χ1) is 5.68. The number of hydrogen-bond acceptors (Lipinski definition) is 4. The molecule has 0 bridgehead atoms. The highest BCUT2D eigenvalue weighted by Crippen LogP contribution is 2.31. The van der Waals surface area contributed by atoms with Crippen LogP contribution in [-0.4, -0.2) is 17.2 Å². The number of fused-ring (bicyclic) bond motifs is 1. The van der Waals surface area contributed by atoms with E-state index in [0.717, 1.165) is 5.57 Å². The lowest BCUT2D eigenvalue weighted by Crippen LogP contribution is -2.16. The molecule has 2 aliphatic rings. The molecule has 0 aromatic carbocycles. The molecule has 4 nitrogen and oxygen atoms in total. The summed E-state index contributed by atoms with van der Waals surface area (Å²) in [5.41, 5.74) is 0.752. The number of aliphatic imine (C=N–C) groups is 2. The van der Waals surface area contributed by atoms with Crippen LogP contribution in [0.15, 0.2) is 30.4 Å². The second kappa shape index (κ2) is 2.74. The Labute approximate surface area is 82.3 Å². The molecule has 0 aromatic heterocycles. The van der Waals surface area contributed by atoms with Crippen molar-refractivity contribution < 1.29 is 0 Å². The van der Waals surface area contributed by atoms with Gasteiger partial charge in [0, 0.05) is 0 Å². The smallest absolute Gasteiger partial charge is 0.193 e. The number of amidine groups is 1. The first-order valence-electron chi connectivity index (χ1n) is 3.28. The van der Waals surface area contributed by atoms with Gasteiger partial charge in [0.2, 0.25) is 0 Å². The van der Waals surface area contributed by atoms with E-state index in [4.69, 9.17) is 11.6 Å². The van der Waals surface area contributed by atoms with Crippen molar-refractivity contribution >= 4 is 38.5 Å². The molecule has 0 N–H and O–H groups in total. The Bertz CT molecular complexity index is 355. The maximum Gasteiger partial charge on any atom is 0.193 e. The highest BCUT2D eigenvalue weighted by Gasteiger charge is 2.28. The van der Waals surface area contributed by atoms with Crippen LogP contribution < -0.4 is 0 Å². The first kappa shape index (κ1) is 8.07. The summed E-state index contributed by atoms with van der Waals surface area (Å²) in [6, 6.07) is 0. The van der Waals surface area contributed by atoms with Gasteiger partial charge >= 0.3 is 0 Å². The summed E-state index contributed by atoms with van der Waals surface area (Å²) >= 11 is 9.09. The minimum absolute atomic E-state index is 0.288. The van der Waals surface area contributed by atoms with Crippen LogP contribution in [0.4, 0.5) is 0 Å². The molecule has 2 rings (SSSR count). The zero-order valence-corrected chi connectivity index (χ0v) is 8.46. The summed E-state index contributed by atoms with van der Waals surface area (Å²) in [5, 5.41) is 8.13. The fourth-order valence-corrected chi connectivity index (χ4v) is 1.92. The molecular formula is C6H4BrClN4. The molecule has 2 heterocycles. The third-order valence-corrected chi connectivity index (χ3v) is 2.40. The summed E-state index contributed by atoms with van der Waals surface area (Å²) in [6.07, 6.45) is -0.288. The van der Waals surface area contributed by atoms with Gasteiger partial charge < -0.3 is 0 Å². The lowest BCUT2D eigenvalue weighted by Gasteiger charge is -2.10.